The lowest BCUT2D eigenvalue weighted by atomic mass is 10.1. The molecule has 0 atom stereocenters. The SMILES string of the molecule is COc1ccc(C)cc1S(=O)(=O)N(CC(=O)Nc1cc(C)ccc1C)c1cccc(C(F)(F)F)c1. The summed E-state index contributed by atoms with van der Waals surface area (Å²) in [5.74, 6) is -0.714. The van der Waals surface area contributed by atoms with E-state index in [1.165, 1.54) is 25.3 Å². The molecule has 3 rings (SSSR count). The summed E-state index contributed by atoms with van der Waals surface area (Å²) in [4.78, 5) is 12.7. The van der Waals surface area contributed by atoms with Crippen molar-refractivity contribution in [2.24, 2.45) is 0 Å². The third-order valence-corrected chi connectivity index (χ3v) is 7.10. The number of ether oxygens (including phenoxy) is 1. The Balaban J connectivity index is 2.10. The number of carbonyl (C=O) groups is 1. The fraction of sp³-hybridized carbons (Fsp3) is 0.240. The van der Waals surface area contributed by atoms with Crippen molar-refractivity contribution in [3.63, 3.8) is 0 Å². The van der Waals surface area contributed by atoms with Crippen molar-refractivity contribution < 1.29 is 31.1 Å². The molecule has 1 N–H and O–H groups in total. The summed E-state index contributed by atoms with van der Waals surface area (Å²) in [6.07, 6.45) is -4.70. The summed E-state index contributed by atoms with van der Waals surface area (Å²) < 4.78 is 73.4. The highest BCUT2D eigenvalue weighted by atomic mass is 32.2. The van der Waals surface area contributed by atoms with Gasteiger partial charge in [-0.1, -0.05) is 24.3 Å². The molecule has 0 saturated heterocycles. The van der Waals surface area contributed by atoms with Crippen molar-refractivity contribution in [3.05, 3.63) is 82.9 Å². The van der Waals surface area contributed by atoms with Crippen molar-refractivity contribution in [1.29, 1.82) is 0 Å². The van der Waals surface area contributed by atoms with Crippen molar-refractivity contribution in [3.8, 4) is 5.75 Å². The number of nitrogens with zero attached hydrogens (tertiary/aromatic N) is 1. The molecule has 0 fully saturated rings. The van der Waals surface area contributed by atoms with Crippen LogP contribution in [0, 0.1) is 20.8 Å². The van der Waals surface area contributed by atoms with Crippen LogP contribution in [0.1, 0.15) is 22.3 Å². The number of alkyl halides is 3. The zero-order valence-electron chi connectivity index (χ0n) is 19.6. The summed E-state index contributed by atoms with van der Waals surface area (Å²) in [6.45, 7) is 4.51. The molecule has 0 radical (unpaired) electrons. The van der Waals surface area contributed by atoms with E-state index in [9.17, 15) is 26.4 Å². The molecule has 0 aliphatic rings. The predicted molar refractivity (Wildman–Crippen MR) is 128 cm³/mol. The topological polar surface area (TPSA) is 75.7 Å². The van der Waals surface area contributed by atoms with Gasteiger partial charge in [-0.25, -0.2) is 8.42 Å². The third kappa shape index (κ3) is 5.94. The van der Waals surface area contributed by atoms with Crippen LogP contribution in [0.5, 0.6) is 5.75 Å². The predicted octanol–water partition coefficient (Wildman–Crippen LogP) is 5.47. The van der Waals surface area contributed by atoms with Crippen LogP contribution in [0.2, 0.25) is 0 Å². The Labute approximate surface area is 202 Å². The van der Waals surface area contributed by atoms with Gasteiger partial charge in [0.05, 0.1) is 18.4 Å². The van der Waals surface area contributed by atoms with Crippen LogP contribution >= 0.6 is 0 Å². The van der Waals surface area contributed by atoms with Crippen LogP contribution < -0.4 is 14.4 Å². The second-order valence-electron chi connectivity index (χ2n) is 8.08. The maximum atomic E-state index is 13.7. The van der Waals surface area contributed by atoms with Gasteiger partial charge in [0, 0.05) is 5.69 Å². The van der Waals surface area contributed by atoms with Gasteiger partial charge >= 0.3 is 6.18 Å². The van der Waals surface area contributed by atoms with E-state index >= 15 is 0 Å². The number of amides is 1. The molecule has 3 aromatic rings. The molecule has 0 spiro atoms. The Hall–Kier alpha value is -3.53. The first kappa shape index (κ1) is 26.1. The fourth-order valence-corrected chi connectivity index (χ4v) is 5.10. The van der Waals surface area contributed by atoms with Gasteiger partial charge in [-0.3, -0.25) is 9.10 Å². The van der Waals surface area contributed by atoms with Crippen LogP contribution in [0.25, 0.3) is 0 Å². The number of rotatable bonds is 7. The molecule has 0 heterocycles. The number of carbonyl (C=O) groups excluding carboxylic acids is 1. The van der Waals surface area contributed by atoms with Crippen molar-refractivity contribution in [2.45, 2.75) is 31.8 Å². The van der Waals surface area contributed by atoms with E-state index in [0.29, 0.717) is 21.6 Å². The average Bonchev–Trinajstić information content (AvgIpc) is 2.79. The Morgan fingerprint density at radius 2 is 1.63 bits per heavy atom. The normalized spacial score (nSPS) is 11.7. The van der Waals surface area contributed by atoms with E-state index in [0.717, 1.165) is 23.3 Å². The number of anilines is 2. The van der Waals surface area contributed by atoms with Gasteiger partial charge in [-0.2, -0.15) is 13.2 Å². The summed E-state index contributed by atoms with van der Waals surface area (Å²) in [5.41, 5.74) is 1.34. The molecule has 0 aliphatic heterocycles. The largest absolute Gasteiger partial charge is 0.495 e. The summed E-state index contributed by atoms with van der Waals surface area (Å²) in [5, 5.41) is 2.66. The van der Waals surface area contributed by atoms with Crippen molar-refractivity contribution in [2.75, 3.05) is 23.3 Å². The lowest BCUT2D eigenvalue weighted by molar-refractivity contribution is -0.137. The maximum Gasteiger partial charge on any atom is 0.416 e. The quantitative estimate of drug-likeness (QED) is 0.461. The van der Waals surface area contributed by atoms with Gasteiger partial charge in [-0.05, 0) is 73.9 Å². The number of hydrogen-bond acceptors (Lipinski definition) is 4. The monoisotopic (exact) mass is 506 g/mol. The highest BCUT2D eigenvalue weighted by molar-refractivity contribution is 7.93. The van der Waals surface area contributed by atoms with Crippen molar-refractivity contribution >= 4 is 27.3 Å². The second kappa shape index (κ2) is 9.99. The minimum Gasteiger partial charge on any atom is -0.495 e. The number of halogens is 3. The molecular formula is C25H25F3N2O4S. The minimum atomic E-state index is -4.70. The Morgan fingerprint density at radius 1 is 0.971 bits per heavy atom. The van der Waals surface area contributed by atoms with Crippen LogP contribution in [-0.2, 0) is 21.0 Å². The molecule has 10 heteroatoms. The Kier molecular flexibility index (Phi) is 7.44. The number of methoxy groups -OCH3 is 1. The smallest absolute Gasteiger partial charge is 0.416 e. The number of benzene rings is 3. The summed E-state index contributed by atoms with van der Waals surface area (Å²) in [7, 11) is -3.22. The summed E-state index contributed by atoms with van der Waals surface area (Å²) in [6, 6.07) is 13.6. The lowest BCUT2D eigenvalue weighted by Crippen LogP contribution is -2.38. The standard InChI is InChI=1S/C25H25F3N2O4S/c1-16-8-10-18(3)21(12-16)29-24(31)15-30(20-7-5-6-19(14-20)25(26,27)28)35(32,33)23-13-17(2)9-11-22(23)34-4/h5-14H,15H2,1-4H3,(H,29,31). The third-order valence-electron chi connectivity index (χ3n) is 5.30. The van der Waals surface area contributed by atoms with E-state index < -0.39 is 34.2 Å². The molecule has 3 aromatic carbocycles. The first-order valence-electron chi connectivity index (χ1n) is 10.5. The van der Waals surface area contributed by atoms with Gasteiger partial charge in [0.25, 0.3) is 10.0 Å². The van der Waals surface area contributed by atoms with Crippen molar-refractivity contribution in [1.82, 2.24) is 0 Å². The molecule has 35 heavy (non-hydrogen) atoms. The fourth-order valence-electron chi connectivity index (χ4n) is 3.45. The van der Waals surface area contributed by atoms with E-state index in [2.05, 4.69) is 5.32 Å². The first-order chi connectivity index (χ1) is 16.3. The Bertz CT molecular complexity index is 1360. The zero-order chi connectivity index (χ0) is 26.0. The molecule has 0 bridgehead atoms. The molecule has 0 aromatic heterocycles. The van der Waals surface area contributed by atoms with Gasteiger partial charge < -0.3 is 10.1 Å². The van der Waals surface area contributed by atoms with Crippen LogP contribution in [0.15, 0.2) is 65.6 Å². The lowest BCUT2D eigenvalue weighted by Gasteiger charge is -2.26. The van der Waals surface area contributed by atoms with E-state index in [1.807, 2.05) is 13.0 Å². The molecule has 186 valence electrons. The molecular weight excluding hydrogens is 481 g/mol. The second-order valence-corrected chi connectivity index (χ2v) is 9.91. The van der Waals surface area contributed by atoms with E-state index in [-0.39, 0.29) is 16.3 Å². The Morgan fingerprint density at radius 3 is 2.29 bits per heavy atom. The summed E-state index contributed by atoms with van der Waals surface area (Å²) >= 11 is 0. The molecule has 0 aliphatic carbocycles. The number of hydrogen-bond donors (Lipinski definition) is 1. The number of aryl methyl sites for hydroxylation is 3. The van der Waals surface area contributed by atoms with E-state index in [4.69, 9.17) is 4.74 Å². The molecule has 6 nitrogen and oxygen atoms in total. The number of nitrogens with one attached hydrogen (secondary N) is 1. The first-order valence-corrected chi connectivity index (χ1v) is 12.0. The van der Waals surface area contributed by atoms with Gasteiger partial charge in [-0.15, -0.1) is 0 Å². The van der Waals surface area contributed by atoms with Gasteiger partial charge in [0.2, 0.25) is 5.91 Å². The maximum absolute atomic E-state index is 13.7. The minimum absolute atomic E-state index is 0.00233. The molecule has 1 amide bonds. The van der Waals surface area contributed by atoms with Crippen LogP contribution in [0.4, 0.5) is 24.5 Å². The van der Waals surface area contributed by atoms with Crippen LogP contribution in [0.3, 0.4) is 0 Å². The highest BCUT2D eigenvalue weighted by Gasteiger charge is 2.34. The zero-order valence-corrected chi connectivity index (χ0v) is 20.4. The number of sulfonamides is 1. The van der Waals surface area contributed by atoms with Crippen LogP contribution in [-0.4, -0.2) is 28.0 Å². The van der Waals surface area contributed by atoms with E-state index in [1.54, 1.807) is 32.0 Å². The highest BCUT2D eigenvalue weighted by Crippen LogP contribution is 2.35. The molecule has 0 saturated carbocycles. The van der Waals surface area contributed by atoms with Gasteiger partial charge in [0.1, 0.15) is 17.2 Å². The molecule has 0 unspecified atom stereocenters. The van der Waals surface area contributed by atoms with Gasteiger partial charge in [0.15, 0.2) is 0 Å². The average molecular weight is 507 g/mol.